The molecule has 0 aliphatic rings. The first-order valence-electron chi connectivity index (χ1n) is 10.9. The number of ether oxygens (including phenoxy) is 2. The van der Waals surface area contributed by atoms with Crippen molar-refractivity contribution in [3.8, 4) is 11.3 Å². The first-order chi connectivity index (χ1) is 17.2. The number of methoxy groups -OCH3 is 2. The number of hydrogen-bond acceptors (Lipinski definition) is 8. The Morgan fingerprint density at radius 3 is 1.97 bits per heavy atom. The zero-order valence-electron chi connectivity index (χ0n) is 20.2. The summed E-state index contributed by atoms with van der Waals surface area (Å²) in [5.74, 6) is -1.85. The highest BCUT2D eigenvalue weighted by molar-refractivity contribution is 6.00. The first kappa shape index (κ1) is 25.9. The number of benzene rings is 2. The van der Waals surface area contributed by atoms with Crippen molar-refractivity contribution in [2.24, 2.45) is 5.92 Å². The van der Waals surface area contributed by atoms with Crippen molar-refractivity contribution in [2.45, 2.75) is 19.9 Å². The third kappa shape index (κ3) is 6.47. The fourth-order valence-corrected chi connectivity index (χ4v) is 3.18. The van der Waals surface area contributed by atoms with Crippen molar-refractivity contribution in [1.82, 2.24) is 10.5 Å². The highest BCUT2D eigenvalue weighted by Gasteiger charge is 2.27. The van der Waals surface area contributed by atoms with Gasteiger partial charge >= 0.3 is 18.0 Å². The number of hydrogen-bond donors (Lipinski definition) is 3. The van der Waals surface area contributed by atoms with Gasteiger partial charge in [-0.2, -0.15) is 0 Å². The number of nitrogens with zero attached hydrogens (tertiary/aromatic N) is 1. The van der Waals surface area contributed by atoms with E-state index in [4.69, 9.17) is 9.26 Å². The predicted molar refractivity (Wildman–Crippen MR) is 130 cm³/mol. The van der Waals surface area contributed by atoms with E-state index in [1.165, 1.54) is 20.3 Å². The Labute approximate surface area is 207 Å². The van der Waals surface area contributed by atoms with Crippen molar-refractivity contribution >= 4 is 35.3 Å². The summed E-state index contributed by atoms with van der Waals surface area (Å²) >= 11 is 0. The summed E-state index contributed by atoms with van der Waals surface area (Å²) in [6.45, 7) is 3.56. The molecule has 0 saturated heterocycles. The molecule has 1 heterocycles. The molecule has 0 radical (unpaired) electrons. The van der Waals surface area contributed by atoms with Gasteiger partial charge in [0.15, 0.2) is 0 Å². The molecule has 11 nitrogen and oxygen atoms in total. The van der Waals surface area contributed by atoms with Gasteiger partial charge in [-0.1, -0.05) is 31.1 Å². The second-order valence-corrected chi connectivity index (χ2v) is 8.02. The molecule has 2 aromatic carbocycles. The minimum Gasteiger partial charge on any atom is -0.467 e. The van der Waals surface area contributed by atoms with Crippen molar-refractivity contribution < 1.29 is 33.2 Å². The minimum atomic E-state index is -0.821. The Kier molecular flexibility index (Phi) is 8.39. The van der Waals surface area contributed by atoms with Crippen LogP contribution in [0.25, 0.3) is 11.3 Å². The molecule has 188 valence electrons. The number of amides is 3. The molecular weight excluding hydrogens is 468 g/mol. The Balaban J connectivity index is 1.60. The van der Waals surface area contributed by atoms with Crippen molar-refractivity contribution in [2.75, 3.05) is 24.9 Å². The van der Waals surface area contributed by atoms with Gasteiger partial charge in [0.25, 0.3) is 5.91 Å². The summed E-state index contributed by atoms with van der Waals surface area (Å²) < 4.78 is 14.5. The summed E-state index contributed by atoms with van der Waals surface area (Å²) in [5.41, 5.74) is 2.44. The summed E-state index contributed by atoms with van der Waals surface area (Å²) in [4.78, 5) is 48.1. The summed E-state index contributed by atoms with van der Waals surface area (Å²) in [6, 6.07) is 13.1. The molecule has 0 spiro atoms. The van der Waals surface area contributed by atoms with Crippen molar-refractivity contribution in [1.29, 1.82) is 0 Å². The molecule has 0 aliphatic carbocycles. The number of carbonyl (C=O) groups is 4. The average molecular weight is 495 g/mol. The third-order valence-corrected chi connectivity index (χ3v) is 5.14. The van der Waals surface area contributed by atoms with Gasteiger partial charge in [-0.15, -0.1) is 0 Å². The standard InChI is InChI=1S/C25H26N4O7/c1-14(2)21(24(32)35-4)28-22(30)20-13-19(29-36-20)15-5-9-17(10-6-15)26-25(33)27-18-11-7-16(8-12-18)23(31)34-3/h5-14,21H,1-4H3,(H,28,30)(H2,26,27,33). The van der Waals surface area contributed by atoms with Crippen LogP contribution in [0, 0.1) is 5.92 Å². The number of carbonyl (C=O) groups excluding carboxylic acids is 4. The Bertz CT molecular complexity index is 1230. The molecule has 0 bridgehead atoms. The molecule has 3 amide bonds. The summed E-state index contributed by atoms with van der Waals surface area (Å²) in [6.07, 6.45) is 0. The molecule has 3 aromatic rings. The lowest BCUT2D eigenvalue weighted by Crippen LogP contribution is -2.44. The van der Waals surface area contributed by atoms with E-state index in [9.17, 15) is 19.2 Å². The van der Waals surface area contributed by atoms with Crippen LogP contribution >= 0.6 is 0 Å². The molecule has 1 aromatic heterocycles. The summed E-state index contributed by atoms with van der Waals surface area (Å²) in [5, 5.41) is 11.9. The normalized spacial score (nSPS) is 11.4. The smallest absolute Gasteiger partial charge is 0.337 e. The van der Waals surface area contributed by atoms with Crippen LogP contribution < -0.4 is 16.0 Å². The lowest BCUT2D eigenvalue weighted by molar-refractivity contribution is -0.144. The highest BCUT2D eigenvalue weighted by Crippen LogP contribution is 2.22. The monoisotopic (exact) mass is 494 g/mol. The van der Waals surface area contributed by atoms with Crippen molar-refractivity contribution in [3.63, 3.8) is 0 Å². The quantitative estimate of drug-likeness (QED) is 0.401. The maximum Gasteiger partial charge on any atom is 0.337 e. The lowest BCUT2D eigenvalue weighted by Gasteiger charge is -2.18. The molecular formula is C25H26N4O7. The fraction of sp³-hybridized carbons (Fsp3) is 0.240. The molecule has 0 saturated carbocycles. The van der Waals surface area contributed by atoms with E-state index in [0.717, 1.165) is 0 Å². The Morgan fingerprint density at radius 2 is 1.44 bits per heavy atom. The number of esters is 2. The largest absolute Gasteiger partial charge is 0.467 e. The van der Waals surface area contributed by atoms with Crippen LogP contribution in [-0.2, 0) is 14.3 Å². The average Bonchev–Trinajstić information content (AvgIpc) is 3.37. The number of aromatic nitrogens is 1. The molecule has 1 unspecified atom stereocenters. The topological polar surface area (TPSA) is 149 Å². The van der Waals surface area contributed by atoms with E-state index >= 15 is 0 Å². The van der Waals surface area contributed by atoms with E-state index in [2.05, 4.69) is 25.8 Å². The van der Waals surface area contributed by atoms with E-state index in [1.54, 1.807) is 62.4 Å². The van der Waals surface area contributed by atoms with Crippen LogP contribution in [-0.4, -0.2) is 49.3 Å². The molecule has 0 fully saturated rings. The van der Waals surface area contributed by atoms with Crippen LogP contribution in [0.1, 0.15) is 34.8 Å². The van der Waals surface area contributed by atoms with Gasteiger partial charge in [-0.3, -0.25) is 4.79 Å². The van der Waals surface area contributed by atoms with E-state index in [-0.39, 0.29) is 11.7 Å². The van der Waals surface area contributed by atoms with Crippen LogP contribution in [0.3, 0.4) is 0 Å². The highest BCUT2D eigenvalue weighted by atomic mass is 16.5. The fourth-order valence-electron chi connectivity index (χ4n) is 3.18. The van der Waals surface area contributed by atoms with Gasteiger partial charge in [0.2, 0.25) is 5.76 Å². The van der Waals surface area contributed by atoms with Crippen LogP contribution in [0.15, 0.2) is 59.1 Å². The van der Waals surface area contributed by atoms with E-state index < -0.39 is 29.9 Å². The van der Waals surface area contributed by atoms with E-state index in [1.807, 2.05) is 0 Å². The minimum absolute atomic E-state index is 0.0562. The summed E-state index contributed by atoms with van der Waals surface area (Å²) in [7, 11) is 2.55. The molecule has 36 heavy (non-hydrogen) atoms. The Hall–Kier alpha value is -4.67. The van der Waals surface area contributed by atoms with Gasteiger partial charge in [0.05, 0.1) is 19.8 Å². The van der Waals surface area contributed by atoms with Gasteiger partial charge in [-0.25, -0.2) is 14.4 Å². The van der Waals surface area contributed by atoms with Gasteiger partial charge in [-0.05, 0) is 42.3 Å². The predicted octanol–water partition coefficient (Wildman–Crippen LogP) is 3.70. The second-order valence-electron chi connectivity index (χ2n) is 8.02. The van der Waals surface area contributed by atoms with Gasteiger partial charge in [0, 0.05) is 23.0 Å². The molecule has 1 atom stereocenters. The number of nitrogens with one attached hydrogen (secondary N) is 3. The first-order valence-corrected chi connectivity index (χ1v) is 10.9. The van der Waals surface area contributed by atoms with Crippen LogP contribution in [0.5, 0.6) is 0 Å². The number of rotatable bonds is 8. The van der Waals surface area contributed by atoms with Gasteiger partial charge in [0.1, 0.15) is 11.7 Å². The molecule has 11 heteroatoms. The third-order valence-electron chi connectivity index (χ3n) is 5.14. The lowest BCUT2D eigenvalue weighted by atomic mass is 10.0. The number of anilines is 2. The number of urea groups is 1. The zero-order chi connectivity index (χ0) is 26.2. The van der Waals surface area contributed by atoms with Crippen LogP contribution in [0.2, 0.25) is 0 Å². The molecule has 3 rings (SSSR count). The zero-order valence-corrected chi connectivity index (χ0v) is 20.2. The SMILES string of the molecule is COC(=O)c1ccc(NC(=O)Nc2ccc(-c3cc(C(=O)NC(C(=O)OC)C(C)C)on3)cc2)cc1. The maximum atomic E-state index is 12.5. The second kappa shape index (κ2) is 11.6. The molecule has 3 N–H and O–H groups in total. The molecule has 0 aliphatic heterocycles. The van der Waals surface area contributed by atoms with Crippen molar-refractivity contribution in [3.05, 3.63) is 65.9 Å². The van der Waals surface area contributed by atoms with Gasteiger partial charge < -0.3 is 29.9 Å². The van der Waals surface area contributed by atoms with E-state index in [0.29, 0.717) is 28.2 Å². The maximum absolute atomic E-state index is 12.5. The van der Waals surface area contributed by atoms with Crippen LogP contribution in [0.4, 0.5) is 16.2 Å². The Morgan fingerprint density at radius 1 is 0.861 bits per heavy atom.